The molecule has 5 nitrogen and oxygen atoms in total. The van der Waals surface area contributed by atoms with Crippen LogP contribution in [0.5, 0.6) is 5.75 Å². The second kappa shape index (κ2) is 5.27. The van der Waals surface area contributed by atoms with Gasteiger partial charge in [0.2, 0.25) is 0 Å². The Morgan fingerprint density at radius 1 is 1.33 bits per heavy atom. The fourth-order valence-corrected chi connectivity index (χ4v) is 1.55. The van der Waals surface area contributed by atoms with Crippen LogP contribution in [0.3, 0.4) is 0 Å². The third-order valence-electron chi connectivity index (χ3n) is 2.51. The lowest BCUT2D eigenvalue weighted by molar-refractivity contribution is 0.102. The SMILES string of the molecule is COc1ccccc1NC(=O)c1cncnc1C. The molecule has 0 radical (unpaired) electrons. The summed E-state index contributed by atoms with van der Waals surface area (Å²) in [6, 6.07) is 7.22. The van der Waals surface area contributed by atoms with E-state index < -0.39 is 0 Å². The molecule has 92 valence electrons. The fourth-order valence-electron chi connectivity index (χ4n) is 1.55. The Bertz CT molecular complexity index is 570. The molecule has 0 fully saturated rings. The van der Waals surface area contributed by atoms with Crippen LogP contribution in [0.25, 0.3) is 0 Å². The highest BCUT2D eigenvalue weighted by Crippen LogP contribution is 2.23. The molecule has 0 saturated heterocycles. The zero-order valence-electron chi connectivity index (χ0n) is 10.2. The zero-order chi connectivity index (χ0) is 13.0. The Morgan fingerprint density at radius 3 is 2.83 bits per heavy atom. The van der Waals surface area contributed by atoms with Crippen LogP contribution in [0.2, 0.25) is 0 Å². The second-order valence-electron chi connectivity index (χ2n) is 3.68. The van der Waals surface area contributed by atoms with Gasteiger partial charge in [0.05, 0.1) is 24.1 Å². The number of benzene rings is 1. The number of aryl methyl sites for hydroxylation is 1. The topological polar surface area (TPSA) is 64.1 Å². The van der Waals surface area contributed by atoms with Crippen molar-refractivity contribution in [2.45, 2.75) is 6.92 Å². The quantitative estimate of drug-likeness (QED) is 0.896. The van der Waals surface area contributed by atoms with Crippen LogP contribution in [-0.2, 0) is 0 Å². The lowest BCUT2D eigenvalue weighted by Gasteiger charge is -2.10. The number of aromatic nitrogens is 2. The number of methoxy groups -OCH3 is 1. The predicted molar refractivity (Wildman–Crippen MR) is 67.7 cm³/mol. The molecule has 0 aliphatic carbocycles. The van der Waals surface area contributed by atoms with Crippen molar-refractivity contribution in [1.29, 1.82) is 0 Å². The number of anilines is 1. The molecule has 0 unspecified atom stereocenters. The van der Waals surface area contributed by atoms with Gasteiger partial charge in [0.1, 0.15) is 12.1 Å². The average Bonchev–Trinajstić information content (AvgIpc) is 2.39. The number of hydrogen-bond acceptors (Lipinski definition) is 4. The molecule has 0 spiro atoms. The van der Waals surface area contributed by atoms with E-state index in [1.165, 1.54) is 12.5 Å². The molecule has 1 amide bonds. The number of hydrogen-bond donors (Lipinski definition) is 1. The Morgan fingerprint density at radius 2 is 2.11 bits per heavy atom. The first-order valence-electron chi connectivity index (χ1n) is 5.43. The Kier molecular flexibility index (Phi) is 3.52. The maximum Gasteiger partial charge on any atom is 0.259 e. The first-order valence-corrected chi connectivity index (χ1v) is 5.43. The van der Waals surface area contributed by atoms with Crippen LogP contribution in [0.4, 0.5) is 5.69 Å². The van der Waals surface area contributed by atoms with Gasteiger partial charge in [-0.1, -0.05) is 12.1 Å². The fraction of sp³-hybridized carbons (Fsp3) is 0.154. The molecule has 0 aliphatic rings. The van der Waals surface area contributed by atoms with Crippen molar-refractivity contribution in [3.8, 4) is 5.75 Å². The molecule has 1 heterocycles. The molecule has 1 aromatic heterocycles. The van der Waals surface area contributed by atoms with Gasteiger partial charge in [-0.05, 0) is 19.1 Å². The number of rotatable bonds is 3. The number of nitrogens with one attached hydrogen (secondary N) is 1. The minimum Gasteiger partial charge on any atom is -0.495 e. The van der Waals surface area contributed by atoms with Crippen molar-refractivity contribution >= 4 is 11.6 Å². The molecule has 0 atom stereocenters. The van der Waals surface area contributed by atoms with E-state index in [1.807, 2.05) is 12.1 Å². The van der Waals surface area contributed by atoms with Gasteiger partial charge >= 0.3 is 0 Å². The number of ether oxygens (including phenoxy) is 1. The van der Waals surface area contributed by atoms with Crippen LogP contribution < -0.4 is 10.1 Å². The summed E-state index contributed by atoms with van der Waals surface area (Å²) in [5.74, 6) is 0.359. The Labute approximate surface area is 105 Å². The van der Waals surface area contributed by atoms with Gasteiger partial charge in [-0.25, -0.2) is 9.97 Å². The third-order valence-corrected chi connectivity index (χ3v) is 2.51. The average molecular weight is 243 g/mol. The zero-order valence-corrected chi connectivity index (χ0v) is 10.2. The van der Waals surface area contributed by atoms with E-state index in [4.69, 9.17) is 4.74 Å². The van der Waals surface area contributed by atoms with Gasteiger partial charge in [0.25, 0.3) is 5.91 Å². The lowest BCUT2D eigenvalue weighted by atomic mass is 10.2. The van der Waals surface area contributed by atoms with E-state index in [0.29, 0.717) is 22.7 Å². The van der Waals surface area contributed by atoms with Crippen molar-refractivity contribution in [3.63, 3.8) is 0 Å². The summed E-state index contributed by atoms with van der Waals surface area (Å²) in [6.07, 6.45) is 2.91. The highest BCUT2D eigenvalue weighted by atomic mass is 16.5. The number of carbonyl (C=O) groups excluding carboxylic acids is 1. The maximum atomic E-state index is 12.1. The monoisotopic (exact) mass is 243 g/mol. The third kappa shape index (κ3) is 2.45. The first-order chi connectivity index (χ1) is 8.72. The lowest BCUT2D eigenvalue weighted by Crippen LogP contribution is -2.15. The normalized spacial score (nSPS) is 9.89. The summed E-state index contributed by atoms with van der Waals surface area (Å²) in [6.45, 7) is 1.76. The van der Waals surface area contributed by atoms with Gasteiger partial charge in [0, 0.05) is 6.20 Å². The number of amides is 1. The van der Waals surface area contributed by atoms with Gasteiger partial charge in [0.15, 0.2) is 0 Å². The number of nitrogens with zero attached hydrogens (tertiary/aromatic N) is 2. The number of para-hydroxylation sites is 2. The summed E-state index contributed by atoms with van der Waals surface area (Å²) in [7, 11) is 1.56. The molecule has 0 bridgehead atoms. The summed E-state index contributed by atoms with van der Waals surface area (Å²) in [4.78, 5) is 19.9. The van der Waals surface area contributed by atoms with Crippen molar-refractivity contribution in [2.24, 2.45) is 0 Å². The Balaban J connectivity index is 2.24. The summed E-state index contributed by atoms with van der Waals surface area (Å²) >= 11 is 0. The first kappa shape index (κ1) is 12.0. The minimum absolute atomic E-state index is 0.252. The van der Waals surface area contributed by atoms with Crippen molar-refractivity contribution in [1.82, 2.24) is 9.97 Å². The van der Waals surface area contributed by atoms with E-state index in [1.54, 1.807) is 26.2 Å². The van der Waals surface area contributed by atoms with Crippen LogP contribution in [0, 0.1) is 6.92 Å². The summed E-state index contributed by atoms with van der Waals surface area (Å²) in [5.41, 5.74) is 1.70. The molecular formula is C13H13N3O2. The largest absolute Gasteiger partial charge is 0.495 e. The van der Waals surface area contributed by atoms with E-state index in [2.05, 4.69) is 15.3 Å². The standard InChI is InChI=1S/C13H13N3O2/c1-9-10(7-14-8-15-9)13(17)16-11-5-3-4-6-12(11)18-2/h3-8H,1-2H3,(H,16,17). The minimum atomic E-state index is -0.252. The highest BCUT2D eigenvalue weighted by molar-refractivity contribution is 6.05. The second-order valence-corrected chi connectivity index (χ2v) is 3.68. The van der Waals surface area contributed by atoms with E-state index in [9.17, 15) is 4.79 Å². The van der Waals surface area contributed by atoms with E-state index in [-0.39, 0.29) is 5.91 Å². The van der Waals surface area contributed by atoms with Crippen molar-refractivity contribution < 1.29 is 9.53 Å². The molecule has 1 N–H and O–H groups in total. The molecule has 0 aliphatic heterocycles. The van der Waals surface area contributed by atoms with Crippen molar-refractivity contribution in [3.05, 3.63) is 48.0 Å². The van der Waals surface area contributed by atoms with Crippen LogP contribution in [0.15, 0.2) is 36.8 Å². The molecule has 18 heavy (non-hydrogen) atoms. The molecule has 1 aromatic carbocycles. The molecule has 2 aromatic rings. The van der Waals surface area contributed by atoms with Crippen LogP contribution in [0.1, 0.15) is 16.1 Å². The van der Waals surface area contributed by atoms with E-state index in [0.717, 1.165) is 0 Å². The highest BCUT2D eigenvalue weighted by Gasteiger charge is 2.12. The number of carbonyl (C=O) groups is 1. The van der Waals surface area contributed by atoms with E-state index >= 15 is 0 Å². The van der Waals surface area contributed by atoms with Gasteiger partial charge < -0.3 is 10.1 Å². The molecule has 2 rings (SSSR count). The van der Waals surface area contributed by atoms with Gasteiger partial charge in [-0.3, -0.25) is 4.79 Å². The molecule has 5 heteroatoms. The molecule has 0 saturated carbocycles. The van der Waals surface area contributed by atoms with Crippen LogP contribution >= 0.6 is 0 Å². The summed E-state index contributed by atoms with van der Waals surface area (Å²) < 4.78 is 5.17. The predicted octanol–water partition coefficient (Wildman–Crippen LogP) is 2.05. The van der Waals surface area contributed by atoms with Crippen LogP contribution in [-0.4, -0.2) is 23.0 Å². The summed E-state index contributed by atoms with van der Waals surface area (Å²) in [5, 5.41) is 2.77. The smallest absolute Gasteiger partial charge is 0.259 e. The van der Waals surface area contributed by atoms with Gasteiger partial charge in [-0.2, -0.15) is 0 Å². The van der Waals surface area contributed by atoms with Gasteiger partial charge in [-0.15, -0.1) is 0 Å². The maximum absolute atomic E-state index is 12.1. The Hall–Kier alpha value is -2.43. The molecular weight excluding hydrogens is 230 g/mol. The van der Waals surface area contributed by atoms with Crippen molar-refractivity contribution in [2.75, 3.05) is 12.4 Å².